The molecule has 0 spiro atoms. The van der Waals surface area contributed by atoms with Crippen LogP contribution in [0.1, 0.15) is 37.4 Å². The van der Waals surface area contributed by atoms with Crippen molar-refractivity contribution in [2.45, 2.75) is 38.5 Å². The molecule has 2 unspecified atom stereocenters. The van der Waals surface area contributed by atoms with E-state index in [9.17, 15) is 18.3 Å². The minimum absolute atomic E-state index is 0.0764. The predicted octanol–water partition coefficient (Wildman–Crippen LogP) is 2.97. The second kappa shape index (κ2) is 4.82. The minimum Gasteiger partial charge on any atom is -0.393 e. The maximum absolute atomic E-state index is 12.7. The van der Waals surface area contributed by atoms with Crippen molar-refractivity contribution in [1.82, 2.24) is 4.98 Å². The van der Waals surface area contributed by atoms with Gasteiger partial charge in [-0.05, 0) is 25.5 Å². The van der Waals surface area contributed by atoms with E-state index >= 15 is 0 Å². The molecule has 1 N–H and O–H groups in total. The fraction of sp³-hybridized carbons (Fsp3) is 0.545. The lowest BCUT2D eigenvalue weighted by Gasteiger charge is -2.21. The van der Waals surface area contributed by atoms with Crippen LogP contribution in [0.4, 0.5) is 13.2 Å². The van der Waals surface area contributed by atoms with Crippen molar-refractivity contribution in [3.8, 4) is 0 Å². The molecule has 1 aromatic heterocycles. The highest BCUT2D eigenvalue weighted by molar-refractivity contribution is 5.26. The highest BCUT2D eigenvalue weighted by atomic mass is 19.4. The van der Waals surface area contributed by atoms with Gasteiger partial charge in [-0.1, -0.05) is 6.92 Å². The van der Waals surface area contributed by atoms with E-state index in [1.807, 2.05) is 0 Å². The summed E-state index contributed by atoms with van der Waals surface area (Å²) in [6.07, 6.45) is -3.54. The molecule has 2 atom stereocenters. The van der Waals surface area contributed by atoms with E-state index in [1.165, 1.54) is 19.2 Å². The predicted molar refractivity (Wildman–Crippen MR) is 54.0 cm³/mol. The van der Waals surface area contributed by atoms with Crippen LogP contribution in [0.2, 0.25) is 0 Å². The van der Waals surface area contributed by atoms with Gasteiger partial charge in [0.2, 0.25) is 0 Å². The maximum atomic E-state index is 12.7. The van der Waals surface area contributed by atoms with E-state index in [2.05, 4.69) is 4.98 Å². The van der Waals surface area contributed by atoms with Crippen LogP contribution in [0.25, 0.3) is 0 Å². The molecule has 0 amide bonds. The Bertz CT molecular complexity index is 349. The number of aromatic nitrogens is 1. The fourth-order valence-electron chi connectivity index (χ4n) is 1.72. The number of alkyl halides is 3. The lowest BCUT2D eigenvalue weighted by molar-refractivity contribution is -0.138. The number of aliphatic hydroxyl groups is 1. The minimum atomic E-state index is -4.42. The molecule has 0 radical (unpaired) electrons. The van der Waals surface area contributed by atoms with Crippen LogP contribution in [0.3, 0.4) is 0 Å². The molecule has 0 aliphatic heterocycles. The van der Waals surface area contributed by atoms with Crippen LogP contribution < -0.4 is 0 Å². The zero-order valence-corrected chi connectivity index (χ0v) is 9.12. The second-order valence-corrected chi connectivity index (χ2v) is 3.69. The van der Waals surface area contributed by atoms with Crippen LogP contribution in [0, 0.1) is 0 Å². The van der Waals surface area contributed by atoms with Crippen molar-refractivity contribution in [3.05, 3.63) is 29.6 Å². The van der Waals surface area contributed by atoms with E-state index < -0.39 is 23.8 Å². The van der Waals surface area contributed by atoms with Crippen molar-refractivity contribution >= 4 is 0 Å². The van der Waals surface area contributed by atoms with Gasteiger partial charge < -0.3 is 5.11 Å². The Morgan fingerprint density at radius 1 is 1.44 bits per heavy atom. The van der Waals surface area contributed by atoms with Crippen LogP contribution in [-0.4, -0.2) is 16.2 Å². The first-order valence-corrected chi connectivity index (χ1v) is 5.08. The summed E-state index contributed by atoms with van der Waals surface area (Å²) in [5, 5.41) is 9.45. The number of nitrogens with zero attached hydrogens (tertiary/aromatic N) is 1. The van der Waals surface area contributed by atoms with Gasteiger partial charge in [-0.15, -0.1) is 0 Å². The molecule has 0 fully saturated rings. The average Bonchev–Trinajstić information content (AvgIpc) is 2.17. The average molecular weight is 233 g/mol. The van der Waals surface area contributed by atoms with Gasteiger partial charge in [-0.2, -0.15) is 13.2 Å². The maximum Gasteiger partial charge on any atom is 0.418 e. The van der Waals surface area contributed by atoms with Crippen molar-refractivity contribution < 1.29 is 18.3 Å². The number of hydrogen-bond donors (Lipinski definition) is 1. The summed E-state index contributed by atoms with van der Waals surface area (Å²) in [5.74, 6) is -0.585. The summed E-state index contributed by atoms with van der Waals surface area (Å²) in [5.41, 5.74) is -0.838. The second-order valence-electron chi connectivity index (χ2n) is 3.69. The van der Waals surface area contributed by atoms with Crippen molar-refractivity contribution in [1.29, 1.82) is 0 Å². The summed E-state index contributed by atoms with van der Waals surface area (Å²) in [6, 6.07) is 2.24. The molecule has 0 aliphatic carbocycles. The summed E-state index contributed by atoms with van der Waals surface area (Å²) in [7, 11) is 0. The van der Waals surface area contributed by atoms with Crippen molar-refractivity contribution in [2.75, 3.05) is 0 Å². The zero-order valence-electron chi connectivity index (χ0n) is 9.12. The number of rotatable bonds is 3. The Morgan fingerprint density at radius 3 is 2.50 bits per heavy atom. The molecule has 90 valence electrons. The highest BCUT2D eigenvalue weighted by Crippen LogP contribution is 2.35. The molecule has 1 heterocycles. The first kappa shape index (κ1) is 13.0. The first-order chi connectivity index (χ1) is 7.38. The molecule has 0 saturated carbocycles. The third-order valence-corrected chi connectivity index (χ3v) is 2.52. The molecular weight excluding hydrogens is 219 g/mol. The molecule has 16 heavy (non-hydrogen) atoms. The van der Waals surface area contributed by atoms with E-state index in [0.717, 1.165) is 6.07 Å². The summed E-state index contributed by atoms with van der Waals surface area (Å²) < 4.78 is 38.1. The third-order valence-electron chi connectivity index (χ3n) is 2.52. The molecule has 2 nitrogen and oxygen atoms in total. The lowest BCUT2D eigenvalue weighted by atomic mass is 9.92. The molecule has 5 heteroatoms. The highest BCUT2D eigenvalue weighted by Gasteiger charge is 2.36. The largest absolute Gasteiger partial charge is 0.418 e. The Balaban J connectivity index is 3.22. The van der Waals surface area contributed by atoms with Gasteiger partial charge in [-0.3, -0.25) is 4.98 Å². The van der Waals surface area contributed by atoms with Crippen molar-refractivity contribution in [3.63, 3.8) is 0 Å². The lowest BCUT2D eigenvalue weighted by Crippen LogP contribution is -2.20. The van der Waals surface area contributed by atoms with Gasteiger partial charge in [0.1, 0.15) is 0 Å². The van der Waals surface area contributed by atoms with Crippen LogP contribution >= 0.6 is 0 Å². The monoisotopic (exact) mass is 233 g/mol. The van der Waals surface area contributed by atoms with Gasteiger partial charge >= 0.3 is 6.18 Å². The fourth-order valence-corrected chi connectivity index (χ4v) is 1.72. The van der Waals surface area contributed by atoms with Crippen LogP contribution in [-0.2, 0) is 6.18 Å². The van der Waals surface area contributed by atoms with Gasteiger partial charge in [0, 0.05) is 12.1 Å². The van der Waals surface area contributed by atoms with Crippen molar-refractivity contribution in [2.24, 2.45) is 0 Å². The number of aliphatic hydroxyl groups excluding tert-OH is 1. The SMILES string of the molecule is CCC(c1ncccc1C(F)(F)F)C(C)O. The van der Waals surface area contributed by atoms with E-state index in [4.69, 9.17) is 0 Å². The first-order valence-electron chi connectivity index (χ1n) is 5.08. The Kier molecular flexibility index (Phi) is 3.91. The van der Waals surface area contributed by atoms with E-state index in [0.29, 0.717) is 6.42 Å². The number of hydrogen-bond acceptors (Lipinski definition) is 2. The normalized spacial score (nSPS) is 15.9. The molecular formula is C11H14F3NO. The van der Waals surface area contributed by atoms with Gasteiger partial charge in [-0.25, -0.2) is 0 Å². The van der Waals surface area contributed by atoms with E-state index in [-0.39, 0.29) is 5.69 Å². The Hall–Kier alpha value is -1.10. The molecule has 0 bridgehead atoms. The smallest absolute Gasteiger partial charge is 0.393 e. The summed E-state index contributed by atoms with van der Waals surface area (Å²) in [4.78, 5) is 3.76. The Labute approximate surface area is 92.1 Å². The quantitative estimate of drug-likeness (QED) is 0.870. The number of pyridine rings is 1. The molecule has 0 aromatic carbocycles. The number of halogens is 3. The molecule has 0 aliphatic rings. The topological polar surface area (TPSA) is 33.1 Å². The van der Waals surface area contributed by atoms with Gasteiger partial charge in [0.15, 0.2) is 0 Å². The summed E-state index contributed by atoms with van der Waals surface area (Å²) >= 11 is 0. The van der Waals surface area contributed by atoms with E-state index in [1.54, 1.807) is 6.92 Å². The molecule has 0 saturated heterocycles. The zero-order chi connectivity index (χ0) is 12.3. The standard InChI is InChI=1S/C11H14F3NO/c1-3-8(7(2)16)10-9(11(12,13)14)5-4-6-15-10/h4-8,16H,3H2,1-2H3. The molecule has 1 rings (SSSR count). The van der Waals surface area contributed by atoms with Crippen LogP contribution in [0.15, 0.2) is 18.3 Å². The Morgan fingerprint density at radius 2 is 2.06 bits per heavy atom. The third kappa shape index (κ3) is 2.72. The van der Waals surface area contributed by atoms with Gasteiger partial charge in [0.05, 0.1) is 17.4 Å². The summed E-state index contributed by atoms with van der Waals surface area (Å²) in [6.45, 7) is 3.20. The van der Waals surface area contributed by atoms with Crippen LogP contribution in [0.5, 0.6) is 0 Å². The van der Waals surface area contributed by atoms with Gasteiger partial charge in [0.25, 0.3) is 0 Å². The molecule has 1 aromatic rings.